The molecule has 2 amide bonds. The van der Waals surface area contributed by atoms with Crippen molar-refractivity contribution in [2.45, 2.75) is 63.6 Å². The third-order valence-electron chi connectivity index (χ3n) is 8.17. The number of carbonyl (C=O) groups excluding carboxylic acids is 2. The summed E-state index contributed by atoms with van der Waals surface area (Å²) in [6, 6.07) is 1.37. The van der Waals surface area contributed by atoms with E-state index in [2.05, 4.69) is 25.3 Å². The Bertz CT molecular complexity index is 1880. The van der Waals surface area contributed by atoms with E-state index in [0.29, 0.717) is 33.5 Å². The third kappa shape index (κ3) is 4.07. The number of aryl methyl sites for hydroxylation is 2. The molecule has 13 heteroatoms. The molecule has 4 aromatic heterocycles. The van der Waals surface area contributed by atoms with E-state index in [-0.39, 0.29) is 30.1 Å². The van der Waals surface area contributed by atoms with E-state index in [1.54, 1.807) is 30.0 Å². The number of hydrogen-bond donors (Lipinski definition) is 3. The number of ether oxygens (including phenoxy) is 1. The fourth-order valence-electron chi connectivity index (χ4n) is 5.74. The van der Waals surface area contributed by atoms with Crippen LogP contribution < -0.4 is 22.1 Å². The molecule has 0 radical (unpaired) electrons. The summed E-state index contributed by atoms with van der Waals surface area (Å²) in [5.41, 5.74) is 6.39. The normalized spacial score (nSPS) is 24.1. The predicted octanol–water partition coefficient (Wildman–Crippen LogP) is 2.59. The van der Waals surface area contributed by atoms with Crippen molar-refractivity contribution in [3.8, 4) is 0 Å². The Labute approximate surface area is 235 Å². The Hall–Kier alpha value is -4.42. The van der Waals surface area contributed by atoms with Crippen molar-refractivity contribution in [1.82, 2.24) is 34.0 Å². The molecule has 0 aromatic carbocycles. The number of nitrogens with two attached hydrogens (primary N) is 1. The average molecular weight is 552 g/mol. The minimum absolute atomic E-state index is 0.0637. The second kappa shape index (κ2) is 9.35. The summed E-state index contributed by atoms with van der Waals surface area (Å²) in [6.07, 6.45) is 4.53. The van der Waals surface area contributed by atoms with Crippen LogP contribution in [0, 0.1) is 12.8 Å². The smallest absolute Gasteiger partial charge is 0.407 e. The number of methoxy groups -OCH3 is 1. The monoisotopic (exact) mass is 551 g/mol. The highest BCUT2D eigenvalue weighted by Gasteiger charge is 2.48. The standard InChI is InChI=1S/C27H33N9O4/c1-14-9-21(33-23-22(14)30-13-35(23)27(2,24(28)37)15-5-6-15)32-20-11-18-19(12-29-20)34(3)26(39)36(18)17-8-7-16(10-17)31-25(38)40-4/h9,11-13,15-17H,5-8,10H2,1-4H3,(H2,28,37)(H,31,38)(H,29,32,33)/i3D3,16D. The van der Waals surface area contributed by atoms with E-state index in [0.717, 1.165) is 18.4 Å². The first-order valence-corrected chi connectivity index (χ1v) is 13.1. The number of pyridine rings is 2. The van der Waals surface area contributed by atoms with Gasteiger partial charge in [-0.2, -0.15) is 0 Å². The Morgan fingerprint density at radius 1 is 1.20 bits per heavy atom. The number of fused-ring (bicyclic) bond motifs is 2. The second-order valence-electron chi connectivity index (χ2n) is 10.7. The highest BCUT2D eigenvalue weighted by atomic mass is 16.5. The van der Waals surface area contributed by atoms with Crippen LogP contribution in [0.4, 0.5) is 16.4 Å². The lowest BCUT2D eigenvalue weighted by molar-refractivity contribution is -0.126. The zero-order chi connectivity index (χ0) is 31.8. The molecule has 2 fully saturated rings. The first-order chi connectivity index (χ1) is 20.7. The molecule has 13 nitrogen and oxygen atoms in total. The molecule has 210 valence electrons. The summed E-state index contributed by atoms with van der Waals surface area (Å²) < 4.78 is 41.1. The Morgan fingerprint density at radius 3 is 2.70 bits per heavy atom. The first kappa shape index (κ1) is 21.4. The van der Waals surface area contributed by atoms with Crippen LogP contribution in [0.2, 0.25) is 0 Å². The number of aromatic nitrogens is 6. The minimum atomic E-state index is -2.78. The topological polar surface area (TPSA) is 164 Å². The highest BCUT2D eigenvalue weighted by Crippen LogP contribution is 2.45. The molecule has 0 saturated heterocycles. The van der Waals surface area contributed by atoms with Gasteiger partial charge < -0.3 is 21.1 Å². The summed E-state index contributed by atoms with van der Waals surface area (Å²) in [6.45, 7) is 0.880. The molecule has 6 rings (SSSR count). The number of nitrogens with one attached hydrogen (secondary N) is 2. The predicted molar refractivity (Wildman–Crippen MR) is 148 cm³/mol. The number of amides is 2. The van der Waals surface area contributed by atoms with Crippen LogP contribution in [0.5, 0.6) is 0 Å². The van der Waals surface area contributed by atoms with Gasteiger partial charge in [0.05, 0.1) is 32.0 Å². The molecular formula is C27H33N9O4. The summed E-state index contributed by atoms with van der Waals surface area (Å²) in [4.78, 5) is 51.6. The summed E-state index contributed by atoms with van der Waals surface area (Å²) in [7, 11) is 1.20. The van der Waals surface area contributed by atoms with Gasteiger partial charge in [0.1, 0.15) is 22.7 Å². The molecular weight excluding hydrogens is 514 g/mol. The molecule has 4 N–H and O–H groups in total. The zero-order valence-electron chi connectivity index (χ0n) is 26.4. The van der Waals surface area contributed by atoms with Crippen LogP contribution in [0.15, 0.2) is 29.5 Å². The third-order valence-corrected chi connectivity index (χ3v) is 8.17. The number of rotatable bonds is 7. The number of anilines is 2. The Kier molecular flexibility index (Phi) is 5.00. The molecule has 4 heterocycles. The van der Waals surface area contributed by atoms with Crippen LogP contribution in [-0.4, -0.2) is 53.8 Å². The van der Waals surface area contributed by atoms with Crippen molar-refractivity contribution in [3.05, 3.63) is 40.7 Å². The van der Waals surface area contributed by atoms with E-state index in [4.69, 9.17) is 16.2 Å². The van der Waals surface area contributed by atoms with E-state index in [1.807, 2.05) is 6.92 Å². The van der Waals surface area contributed by atoms with Crippen LogP contribution >= 0.6 is 0 Å². The first-order valence-electron chi connectivity index (χ1n) is 15.1. The number of hydrogen-bond acceptors (Lipinski definition) is 8. The molecule has 3 unspecified atom stereocenters. The number of carbonyl (C=O) groups is 2. The van der Waals surface area contributed by atoms with Crippen molar-refractivity contribution in [2.75, 3.05) is 12.4 Å². The van der Waals surface area contributed by atoms with Gasteiger partial charge in [-0.1, -0.05) is 0 Å². The van der Waals surface area contributed by atoms with Crippen LogP contribution in [0.1, 0.15) is 56.1 Å². The molecule has 40 heavy (non-hydrogen) atoms. The zero-order valence-corrected chi connectivity index (χ0v) is 22.4. The maximum atomic E-state index is 13.6. The van der Waals surface area contributed by atoms with Crippen molar-refractivity contribution >= 4 is 45.8 Å². The Balaban J connectivity index is 1.41. The fourth-order valence-corrected chi connectivity index (χ4v) is 5.74. The van der Waals surface area contributed by atoms with Gasteiger partial charge in [-0.05, 0) is 63.5 Å². The Morgan fingerprint density at radius 2 is 2.00 bits per heavy atom. The lowest BCUT2D eigenvalue weighted by atomic mass is 9.94. The van der Waals surface area contributed by atoms with Crippen LogP contribution in [0.3, 0.4) is 0 Å². The summed E-state index contributed by atoms with van der Waals surface area (Å²) >= 11 is 0. The van der Waals surface area contributed by atoms with Gasteiger partial charge in [0, 0.05) is 29.2 Å². The molecule has 3 atom stereocenters. The van der Waals surface area contributed by atoms with Gasteiger partial charge in [-0.15, -0.1) is 0 Å². The molecule has 2 aliphatic carbocycles. The van der Waals surface area contributed by atoms with E-state index in [1.165, 1.54) is 17.9 Å². The van der Waals surface area contributed by atoms with E-state index >= 15 is 0 Å². The molecule has 2 aliphatic rings. The number of alkyl carbamates (subject to hydrolysis) is 1. The lowest BCUT2D eigenvalue weighted by Crippen LogP contribution is -2.45. The quantitative estimate of drug-likeness (QED) is 0.315. The van der Waals surface area contributed by atoms with E-state index in [9.17, 15) is 14.4 Å². The van der Waals surface area contributed by atoms with Gasteiger partial charge in [0.2, 0.25) is 5.91 Å². The number of primary amides is 1. The van der Waals surface area contributed by atoms with Crippen LogP contribution in [0.25, 0.3) is 22.2 Å². The van der Waals surface area contributed by atoms with Crippen molar-refractivity contribution in [3.63, 3.8) is 0 Å². The molecule has 0 aliphatic heterocycles. The van der Waals surface area contributed by atoms with Crippen molar-refractivity contribution < 1.29 is 19.8 Å². The van der Waals surface area contributed by atoms with Gasteiger partial charge in [-0.3, -0.25) is 18.5 Å². The largest absolute Gasteiger partial charge is 0.453 e. The maximum Gasteiger partial charge on any atom is 0.407 e. The van der Waals surface area contributed by atoms with Gasteiger partial charge in [0.25, 0.3) is 0 Å². The minimum Gasteiger partial charge on any atom is -0.453 e. The molecule has 4 aromatic rings. The van der Waals surface area contributed by atoms with Crippen molar-refractivity contribution in [2.24, 2.45) is 18.6 Å². The van der Waals surface area contributed by atoms with E-state index < -0.39 is 42.3 Å². The summed E-state index contributed by atoms with van der Waals surface area (Å²) in [5, 5.41) is 5.66. The van der Waals surface area contributed by atoms with Crippen LogP contribution in [-0.2, 0) is 22.0 Å². The molecule has 0 bridgehead atoms. The van der Waals surface area contributed by atoms with Crippen molar-refractivity contribution in [1.29, 1.82) is 0 Å². The summed E-state index contributed by atoms with van der Waals surface area (Å²) in [5.74, 6) is 0.295. The number of nitrogens with zero attached hydrogens (tertiary/aromatic N) is 6. The average Bonchev–Trinajstić information content (AvgIpc) is 3.50. The lowest BCUT2D eigenvalue weighted by Gasteiger charge is -2.28. The second-order valence-corrected chi connectivity index (χ2v) is 10.7. The van der Waals surface area contributed by atoms with Gasteiger partial charge in [0.15, 0.2) is 5.65 Å². The molecule has 0 spiro atoms. The maximum absolute atomic E-state index is 13.6. The number of imidazole rings is 2. The van der Waals surface area contributed by atoms with Gasteiger partial charge in [-0.25, -0.2) is 24.5 Å². The highest BCUT2D eigenvalue weighted by molar-refractivity contribution is 5.87. The van der Waals surface area contributed by atoms with Gasteiger partial charge >= 0.3 is 11.8 Å². The molecule has 2 saturated carbocycles. The SMILES string of the molecule is [2H]C1(NC(=O)OC)CCC(n2c(=O)n(C([2H])([2H])[2H])c3cnc(Nc4cc(C)c5ncn(C(C)(C(N)=O)C6CC6)c5n4)cc32)C1. The fraction of sp³-hybridized carbons (Fsp3) is 0.481.